The lowest BCUT2D eigenvalue weighted by molar-refractivity contribution is 0.468. The van der Waals surface area contributed by atoms with Gasteiger partial charge in [0.1, 0.15) is 17.3 Å². The Balaban J connectivity index is 1.42. The fraction of sp³-hybridized carbons (Fsp3) is 0.0769. The van der Waals surface area contributed by atoms with E-state index in [4.69, 9.17) is 5.73 Å². The molecule has 7 heteroatoms. The van der Waals surface area contributed by atoms with Gasteiger partial charge in [0.2, 0.25) is 5.95 Å². The van der Waals surface area contributed by atoms with Crippen LogP contribution in [0.1, 0.15) is 5.56 Å². The first-order valence-electron chi connectivity index (χ1n) is 10.6. The van der Waals surface area contributed by atoms with Crippen molar-refractivity contribution in [3.8, 4) is 33.9 Å². The molecule has 0 amide bonds. The maximum Gasteiger partial charge on any atom is 0.222 e. The van der Waals surface area contributed by atoms with Crippen molar-refractivity contribution in [1.29, 1.82) is 0 Å². The van der Waals surface area contributed by atoms with Crippen LogP contribution in [0.15, 0.2) is 79.0 Å². The van der Waals surface area contributed by atoms with E-state index in [0.717, 1.165) is 27.6 Å². The number of rotatable bonds is 6. The molecule has 2 aromatic heterocycles. The molecule has 6 N–H and O–H groups in total. The van der Waals surface area contributed by atoms with E-state index in [0.29, 0.717) is 30.0 Å². The molecule has 0 fully saturated rings. The normalized spacial score (nSPS) is 11.0. The third-order valence-electron chi connectivity index (χ3n) is 5.59. The Morgan fingerprint density at radius 3 is 2.55 bits per heavy atom. The summed E-state index contributed by atoms with van der Waals surface area (Å²) in [5.41, 5.74) is 11.0. The molecule has 0 aliphatic carbocycles. The number of aromatic hydroxyl groups is 2. The zero-order valence-corrected chi connectivity index (χ0v) is 17.8. The number of hydrogen-bond acceptors (Lipinski definition) is 6. The second kappa shape index (κ2) is 8.55. The highest BCUT2D eigenvalue weighted by Gasteiger charge is 2.12. The van der Waals surface area contributed by atoms with E-state index >= 15 is 0 Å². The number of para-hydroxylation sites is 1. The fourth-order valence-corrected chi connectivity index (χ4v) is 3.90. The summed E-state index contributed by atoms with van der Waals surface area (Å²) in [6.45, 7) is 0.552. The van der Waals surface area contributed by atoms with E-state index in [1.165, 1.54) is 0 Å². The largest absolute Gasteiger partial charge is 0.508 e. The predicted molar refractivity (Wildman–Crippen MR) is 131 cm³/mol. The molecule has 7 nitrogen and oxygen atoms in total. The molecule has 5 aromatic rings. The highest BCUT2D eigenvalue weighted by Crippen LogP contribution is 2.34. The van der Waals surface area contributed by atoms with E-state index in [1.807, 2.05) is 48.7 Å². The lowest BCUT2D eigenvalue weighted by atomic mass is 9.99. The van der Waals surface area contributed by atoms with Gasteiger partial charge in [0, 0.05) is 29.9 Å². The topological polar surface area (TPSA) is 120 Å². The summed E-state index contributed by atoms with van der Waals surface area (Å²) in [5, 5.41) is 24.8. The van der Waals surface area contributed by atoms with Crippen molar-refractivity contribution in [3.63, 3.8) is 0 Å². The van der Waals surface area contributed by atoms with E-state index in [2.05, 4.69) is 26.3 Å². The van der Waals surface area contributed by atoms with Gasteiger partial charge in [-0.05, 0) is 64.9 Å². The van der Waals surface area contributed by atoms with Crippen LogP contribution in [0.2, 0.25) is 0 Å². The minimum absolute atomic E-state index is 0.108. The summed E-state index contributed by atoms with van der Waals surface area (Å²) in [4.78, 5) is 11.8. The number of anilines is 2. The van der Waals surface area contributed by atoms with E-state index < -0.39 is 0 Å². The van der Waals surface area contributed by atoms with Crippen LogP contribution in [0.3, 0.4) is 0 Å². The molecule has 0 unspecified atom stereocenters. The number of phenolic OH excluding ortho intramolecular Hbond substituents is 2. The molecular formula is C26H23N5O2. The lowest BCUT2D eigenvalue weighted by Crippen LogP contribution is -2.08. The first-order chi connectivity index (χ1) is 16.1. The molecular weight excluding hydrogens is 414 g/mol. The minimum Gasteiger partial charge on any atom is -0.508 e. The van der Waals surface area contributed by atoms with E-state index in [9.17, 15) is 10.2 Å². The summed E-state index contributed by atoms with van der Waals surface area (Å²) in [6, 6.07) is 22.6. The highest BCUT2D eigenvalue weighted by molar-refractivity contribution is 5.86. The quantitative estimate of drug-likeness (QED) is 0.257. The average molecular weight is 438 g/mol. The van der Waals surface area contributed by atoms with Crippen molar-refractivity contribution < 1.29 is 10.2 Å². The van der Waals surface area contributed by atoms with Crippen LogP contribution < -0.4 is 11.1 Å². The van der Waals surface area contributed by atoms with Gasteiger partial charge in [0.05, 0.1) is 5.69 Å². The molecule has 0 bridgehead atoms. The third-order valence-corrected chi connectivity index (χ3v) is 5.59. The minimum atomic E-state index is 0.108. The molecule has 164 valence electrons. The SMILES string of the molecule is Nc1nc(NCCc2ccccc2O)cc(-c2cc(-c3ccc4[nH]ccc4c3)ccc2O)n1. The number of H-pyrrole nitrogens is 1. The van der Waals surface area contributed by atoms with Crippen LogP contribution in [-0.4, -0.2) is 31.7 Å². The van der Waals surface area contributed by atoms with Gasteiger partial charge in [-0.1, -0.05) is 30.3 Å². The van der Waals surface area contributed by atoms with Gasteiger partial charge in [-0.15, -0.1) is 0 Å². The van der Waals surface area contributed by atoms with Gasteiger partial charge in [0.25, 0.3) is 0 Å². The number of fused-ring (bicyclic) bond motifs is 1. The number of hydrogen-bond donors (Lipinski definition) is 5. The molecule has 0 aliphatic rings. The lowest BCUT2D eigenvalue weighted by Gasteiger charge is -2.11. The second-order valence-corrected chi connectivity index (χ2v) is 7.81. The van der Waals surface area contributed by atoms with Gasteiger partial charge >= 0.3 is 0 Å². The Morgan fingerprint density at radius 1 is 0.848 bits per heavy atom. The van der Waals surface area contributed by atoms with E-state index in [1.54, 1.807) is 24.3 Å². The van der Waals surface area contributed by atoms with Crippen LogP contribution in [0.25, 0.3) is 33.3 Å². The van der Waals surface area contributed by atoms with Gasteiger partial charge in [-0.25, -0.2) is 4.98 Å². The molecule has 0 aliphatic heterocycles. The van der Waals surface area contributed by atoms with Crippen LogP contribution in [-0.2, 0) is 6.42 Å². The molecule has 33 heavy (non-hydrogen) atoms. The maximum atomic E-state index is 10.6. The molecule has 0 spiro atoms. The Labute approximate surface area is 190 Å². The third kappa shape index (κ3) is 4.29. The summed E-state index contributed by atoms with van der Waals surface area (Å²) in [5.74, 6) is 1.03. The van der Waals surface area contributed by atoms with Crippen molar-refractivity contribution in [1.82, 2.24) is 15.0 Å². The molecule has 0 saturated carbocycles. The summed E-state index contributed by atoms with van der Waals surface area (Å²) >= 11 is 0. The number of aromatic amines is 1. The maximum absolute atomic E-state index is 10.6. The first kappa shape index (κ1) is 20.4. The van der Waals surface area contributed by atoms with Crippen LogP contribution in [0, 0.1) is 0 Å². The predicted octanol–water partition coefficient (Wildman–Crippen LogP) is 4.94. The van der Waals surface area contributed by atoms with Crippen molar-refractivity contribution in [3.05, 3.63) is 84.6 Å². The van der Waals surface area contributed by atoms with Crippen LogP contribution in [0.4, 0.5) is 11.8 Å². The summed E-state index contributed by atoms with van der Waals surface area (Å²) in [6.07, 6.45) is 2.53. The molecule has 3 aromatic carbocycles. The van der Waals surface area contributed by atoms with Gasteiger partial charge in [0.15, 0.2) is 0 Å². The standard InChI is InChI=1S/C26H23N5O2/c27-26-30-22(15-25(31-26)29-12-9-16-3-1-2-4-23(16)32)20-14-18(6-8-24(20)33)17-5-7-21-19(13-17)10-11-28-21/h1-8,10-11,13-15,28,32-33H,9,12H2,(H3,27,29,30,31). The van der Waals surface area contributed by atoms with Crippen molar-refractivity contribution in [2.75, 3.05) is 17.6 Å². The number of nitrogens with two attached hydrogens (primary N) is 1. The van der Waals surface area contributed by atoms with Crippen molar-refractivity contribution in [2.24, 2.45) is 0 Å². The molecule has 0 radical (unpaired) electrons. The number of aromatic nitrogens is 3. The zero-order valence-electron chi connectivity index (χ0n) is 17.8. The van der Waals surface area contributed by atoms with Gasteiger partial charge < -0.3 is 26.2 Å². The molecule has 5 rings (SSSR count). The Kier molecular flexibility index (Phi) is 5.28. The number of nitrogen functional groups attached to an aromatic ring is 1. The first-order valence-corrected chi connectivity index (χ1v) is 10.6. The monoisotopic (exact) mass is 437 g/mol. The fourth-order valence-electron chi connectivity index (χ4n) is 3.90. The highest BCUT2D eigenvalue weighted by atomic mass is 16.3. The van der Waals surface area contributed by atoms with Crippen LogP contribution >= 0.6 is 0 Å². The van der Waals surface area contributed by atoms with Gasteiger partial charge in [-0.2, -0.15) is 4.98 Å². The zero-order chi connectivity index (χ0) is 22.8. The smallest absolute Gasteiger partial charge is 0.222 e. The second-order valence-electron chi connectivity index (χ2n) is 7.81. The number of phenols is 2. The number of nitrogens with zero attached hydrogens (tertiary/aromatic N) is 2. The number of benzene rings is 3. The Bertz CT molecular complexity index is 1440. The van der Waals surface area contributed by atoms with Crippen LogP contribution in [0.5, 0.6) is 11.5 Å². The Morgan fingerprint density at radius 2 is 1.67 bits per heavy atom. The summed E-state index contributed by atoms with van der Waals surface area (Å²) < 4.78 is 0. The summed E-state index contributed by atoms with van der Waals surface area (Å²) in [7, 11) is 0. The van der Waals surface area contributed by atoms with E-state index in [-0.39, 0.29) is 17.4 Å². The molecule has 0 saturated heterocycles. The van der Waals surface area contributed by atoms with Crippen molar-refractivity contribution >= 4 is 22.7 Å². The van der Waals surface area contributed by atoms with Gasteiger partial charge in [-0.3, -0.25) is 0 Å². The Hall–Kier alpha value is -4.52. The average Bonchev–Trinajstić information content (AvgIpc) is 3.28. The molecule has 2 heterocycles. The molecule has 0 atom stereocenters. The number of nitrogens with one attached hydrogen (secondary N) is 2. The van der Waals surface area contributed by atoms with Crippen molar-refractivity contribution in [2.45, 2.75) is 6.42 Å².